The molecule has 0 aliphatic carbocycles. The predicted octanol–water partition coefficient (Wildman–Crippen LogP) is 3.55. The normalized spacial score (nSPS) is 24.7. The van der Waals surface area contributed by atoms with Gasteiger partial charge in [-0.1, -0.05) is 5.21 Å². The third-order valence-corrected chi connectivity index (χ3v) is 6.00. The average Bonchev–Trinajstić information content (AvgIpc) is 3.27. The van der Waals surface area contributed by atoms with Crippen molar-refractivity contribution in [2.75, 3.05) is 0 Å². The molecule has 2 aromatic heterocycles. The summed E-state index contributed by atoms with van der Waals surface area (Å²) in [5.41, 5.74) is 0.615. The quantitative estimate of drug-likeness (QED) is 0.766. The van der Waals surface area contributed by atoms with Crippen LogP contribution in [0.5, 0.6) is 0 Å². The van der Waals surface area contributed by atoms with Gasteiger partial charge >= 0.3 is 7.12 Å². The van der Waals surface area contributed by atoms with Gasteiger partial charge < -0.3 is 14.0 Å². The van der Waals surface area contributed by atoms with Crippen LogP contribution in [0.15, 0.2) is 22.6 Å². The Morgan fingerprint density at radius 3 is 2.73 bits per heavy atom. The molecule has 1 unspecified atom stereocenters. The van der Waals surface area contributed by atoms with Crippen molar-refractivity contribution in [3.63, 3.8) is 0 Å². The molecule has 9 heteroatoms. The lowest BCUT2D eigenvalue weighted by Crippen LogP contribution is -2.41. The third kappa shape index (κ3) is 3.02. The van der Waals surface area contributed by atoms with Gasteiger partial charge in [0.2, 0.25) is 0 Å². The predicted molar refractivity (Wildman–Crippen MR) is 97.0 cm³/mol. The summed E-state index contributed by atoms with van der Waals surface area (Å²) in [6.07, 6.45) is 1.27. The standard InChI is InChI=1S/C17H21BFN3O3S/c1-16(2)17(3,4)25-18(24-16)15(19)7-12-13-9-23-14(8-22(13)21-20-12)11-5-6-26-10-11/h5-7,10,14H,8-9H2,1-4H3. The molecule has 0 radical (unpaired) electrons. The first-order valence-corrected chi connectivity index (χ1v) is 9.50. The van der Waals surface area contributed by atoms with Crippen LogP contribution in [0.3, 0.4) is 0 Å². The van der Waals surface area contributed by atoms with Crippen LogP contribution in [-0.2, 0) is 27.2 Å². The van der Waals surface area contributed by atoms with E-state index in [1.54, 1.807) is 16.0 Å². The van der Waals surface area contributed by atoms with Gasteiger partial charge in [-0.15, -0.1) is 5.10 Å². The molecule has 138 valence electrons. The van der Waals surface area contributed by atoms with Gasteiger partial charge in [-0.25, -0.2) is 9.07 Å². The van der Waals surface area contributed by atoms with Crippen LogP contribution >= 0.6 is 11.3 Å². The van der Waals surface area contributed by atoms with E-state index in [9.17, 15) is 4.39 Å². The molecule has 0 bridgehead atoms. The maximum atomic E-state index is 14.7. The summed E-state index contributed by atoms with van der Waals surface area (Å²) < 4.78 is 33.9. The smallest absolute Gasteiger partial charge is 0.398 e. The molecular formula is C17H21BFN3O3S. The maximum absolute atomic E-state index is 14.7. The molecule has 2 aliphatic rings. The average molecular weight is 377 g/mol. The molecule has 1 fully saturated rings. The summed E-state index contributed by atoms with van der Waals surface area (Å²) >= 11 is 1.63. The second-order valence-electron chi connectivity index (χ2n) is 7.58. The molecule has 2 aromatic rings. The van der Waals surface area contributed by atoms with Crippen molar-refractivity contribution in [3.05, 3.63) is 39.5 Å². The Kier molecular flexibility index (Phi) is 4.30. The molecule has 2 aliphatic heterocycles. The van der Waals surface area contributed by atoms with E-state index < -0.39 is 24.0 Å². The van der Waals surface area contributed by atoms with Crippen molar-refractivity contribution in [1.29, 1.82) is 0 Å². The Balaban J connectivity index is 1.53. The minimum atomic E-state index is -1.04. The van der Waals surface area contributed by atoms with Crippen LogP contribution in [0.2, 0.25) is 0 Å². The van der Waals surface area contributed by atoms with Gasteiger partial charge in [0.1, 0.15) is 17.5 Å². The SMILES string of the molecule is CC1(C)OB(C(F)=Cc2nnn3c2COC(c2ccsc2)C3)OC1(C)C. The highest BCUT2D eigenvalue weighted by molar-refractivity contribution is 7.07. The number of halogens is 1. The molecule has 4 heterocycles. The Morgan fingerprint density at radius 1 is 1.35 bits per heavy atom. The lowest BCUT2D eigenvalue weighted by atomic mass is 9.87. The van der Waals surface area contributed by atoms with Crippen LogP contribution in [0.4, 0.5) is 4.39 Å². The zero-order chi connectivity index (χ0) is 18.5. The largest absolute Gasteiger partial charge is 0.525 e. The monoisotopic (exact) mass is 377 g/mol. The number of thiophene rings is 1. The highest BCUT2D eigenvalue weighted by atomic mass is 32.1. The summed E-state index contributed by atoms with van der Waals surface area (Å²) in [6.45, 7) is 8.44. The van der Waals surface area contributed by atoms with Gasteiger partial charge in [-0.05, 0) is 56.2 Å². The maximum Gasteiger partial charge on any atom is 0.525 e. The van der Waals surface area contributed by atoms with Crippen LogP contribution in [0, 0.1) is 0 Å². The van der Waals surface area contributed by atoms with Crippen LogP contribution in [0.25, 0.3) is 6.08 Å². The fourth-order valence-corrected chi connectivity index (χ4v) is 3.66. The lowest BCUT2D eigenvalue weighted by molar-refractivity contribution is -0.00122. The van der Waals surface area contributed by atoms with Gasteiger partial charge in [0, 0.05) is 0 Å². The zero-order valence-corrected chi connectivity index (χ0v) is 16.0. The molecule has 4 rings (SSSR count). The van der Waals surface area contributed by atoms with Crippen molar-refractivity contribution >= 4 is 24.5 Å². The molecule has 6 nitrogen and oxygen atoms in total. The Morgan fingerprint density at radius 2 is 2.08 bits per heavy atom. The first-order chi connectivity index (χ1) is 12.3. The number of nitrogens with zero attached hydrogens (tertiary/aromatic N) is 3. The number of rotatable bonds is 3. The van der Waals surface area contributed by atoms with E-state index in [-0.39, 0.29) is 6.10 Å². The van der Waals surface area contributed by atoms with Crippen molar-refractivity contribution in [2.45, 2.75) is 58.2 Å². The Labute approximate surface area is 156 Å². The fourth-order valence-electron chi connectivity index (χ4n) is 2.96. The van der Waals surface area contributed by atoms with Gasteiger partial charge in [-0.3, -0.25) is 0 Å². The van der Waals surface area contributed by atoms with Gasteiger partial charge in [-0.2, -0.15) is 11.3 Å². The van der Waals surface area contributed by atoms with E-state index in [4.69, 9.17) is 14.0 Å². The van der Waals surface area contributed by atoms with Crippen LogP contribution < -0.4 is 0 Å². The third-order valence-electron chi connectivity index (χ3n) is 5.30. The Bertz CT molecular complexity index is 818. The number of fused-ring (bicyclic) bond motifs is 1. The number of hydrogen-bond donors (Lipinski definition) is 0. The first-order valence-electron chi connectivity index (χ1n) is 8.56. The van der Waals surface area contributed by atoms with Crippen LogP contribution in [0.1, 0.15) is 50.8 Å². The van der Waals surface area contributed by atoms with Gasteiger partial charge in [0.15, 0.2) is 0 Å². The van der Waals surface area contributed by atoms with E-state index in [0.29, 0.717) is 18.8 Å². The summed E-state index contributed by atoms with van der Waals surface area (Å²) in [5.74, 6) is 0. The topological polar surface area (TPSA) is 58.4 Å². The lowest BCUT2D eigenvalue weighted by Gasteiger charge is -2.32. The Hall–Kier alpha value is -1.55. The minimum absolute atomic E-state index is 0.0553. The second kappa shape index (κ2) is 6.26. The van der Waals surface area contributed by atoms with Gasteiger partial charge in [0.05, 0.1) is 30.0 Å². The van der Waals surface area contributed by atoms with Crippen molar-refractivity contribution in [3.8, 4) is 0 Å². The molecule has 0 saturated carbocycles. The molecular weight excluding hydrogens is 356 g/mol. The van der Waals surface area contributed by atoms with Crippen molar-refractivity contribution in [2.24, 2.45) is 0 Å². The number of aromatic nitrogens is 3. The molecule has 1 saturated heterocycles. The minimum Gasteiger partial charge on any atom is -0.398 e. The van der Waals surface area contributed by atoms with E-state index in [1.807, 2.05) is 39.1 Å². The fraction of sp³-hybridized carbons (Fsp3) is 0.529. The molecule has 0 N–H and O–H groups in total. The first kappa shape index (κ1) is 17.8. The summed E-state index contributed by atoms with van der Waals surface area (Å²) in [7, 11) is -1.04. The van der Waals surface area contributed by atoms with E-state index in [1.165, 1.54) is 6.08 Å². The van der Waals surface area contributed by atoms with Crippen molar-refractivity contribution in [1.82, 2.24) is 15.0 Å². The molecule has 0 amide bonds. The summed E-state index contributed by atoms with van der Waals surface area (Å²) in [4.78, 5) is 0. The second-order valence-corrected chi connectivity index (χ2v) is 8.36. The number of hydrogen-bond acceptors (Lipinski definition) is 6. The van der Waals surface area contributed by atoms with Crippen molar-refractivity contribution < 1.29 is 18.4 Å². The van der Waals surface area contributed by atoms with E-state index in [2.05, 4.69) is 15.7 Å². The van der Waals surface area contributed by atoms with E-state index >= 15 is 0 Å². The molecule has 0 aromatic carbocycles. The number of ether oxygens (including phenoxy) is 1. The molecule has 26 heavy (non-hydrogen) atoms. The summed E-state index contributed by atoms with van der Waals surface area (Å²) in [6, 6.07) is 2.04. The molecule has 0 spiro atoms. The van der Waals surface area contributed by atoms with E-state index in [0.717, 1.165) is 11.3 Å². The molecule has 1 atom stereocenters. The highest BCUT2D eigenvalue weighted by Gasteiger charge is 2.53. The summed E-state index contributed by atoms with van der Waals surface area (Å²) in [5, 5.41) is 12.3. The highest BCUT2D eigenvalue weighted by Crippen LogP contribution is 2.39. The van der Waals surface area contributed by atoms with Crippen LogP contribution in [-0.4, -0.2) is 33.3 Å². The van der Waals surface area contributed by atoms with Gasteiger partial charge in [0.25, 0.3) is 0 Å². The zero-order valence-electron chi connectivity index (χ0n) is 15.2.